The van der Waals surface area contributed by atoms with Gasteiger partial charge in [0, 0.05) is 19.2 Å². The molecule has 0 aliphatic carbocycles. The largest absolute Gasteiger partial charge is 0.405 e. The molecule has 0 atom stereocenters. The Morgan fingerprint density at radius 3 is 2.37 bits per heavy atom. The number of nitrogens with one attached hydrogen (secondary N) is 1. The fourth-order valence-corrected chi connectivity index (χ4v) is 1.76. The van der Waals surface area contributed by atoms with E-state index in [9.17, 15) is 13.2 Å². The van der Waals surface area contributed by atoms with E-state index in [0.717, 1.165) is 4.90 Å². The van der Waals surface area contributed by atoms with Gasteiger partial charge in [0.05, 0.1) is 6.61 Å². The lowest BCUT2D eigenvalue weighted by Gasteiger charge is -2.26. The Bertz CT molecular complexity index is 437. The van der Waals surface area contributed by atoms with Crippen LogP contribution < -0.4 is 10.2 Å². The molecule has 0 aromatic carbocycles. The molecular formula is C11H17F3N4O. The maximum absolute atomic E-state index is 12.5. The highest BCUT2D eigenvalue weighted by atomic mass is 19.4. The van der Waals surface area contributed by atoms with Crippen molar-refractivity contribution in [1.29, 1.82) is 0 Å². The van der Waals surface area contributed by atoms with Crippen LogP contribution in [-0.2, 0) is 0 Å². The van der Waals surface area contributed by atoms with Crippen LogP contribution in [0.15, 0.2) is 0 Å². The van der Waals surface area contributed by atoms with Crippen LogP contribution in [0.3, 0.4) is 0 Å². The second kappa shape index (κ2) is 6.05. The number of hydrogen-bond donors (Lipinski definition) is 2. The lowest BCUT2D eigenvalue weighted by molar-refractivity contribution is -0.120. The smallest absolute Gasteiger partial charge is 0.395 e. The molecule has 2 N–H and O–H groups in total. The maximum Gasteiger partial charge on any atom is 0.405 e. The minimum atomic E-state index is -4.36. The Morgan fingerprint density at radius 2 is 1.89 bits per heavy atom. The van der Waals surface area contributed by atoms with Crippen molar-refractivity contribution < 1.29 is 18.3 Å². The van der Waals surface area contributed by atoms with Crippen LogP contribution in [0.4, 0.5) is 24.8 Å². The molecule has 1 aromatic heterocycles. The van der Waals surface area contributed by atoms with E-state index < -0.39 is 12.7 Å². The van der Waals surface area contributed by atoms with Gasteiger partial charge >= 0.3 is 6.18 Å². The van der Waals surface area contributed by atoms with Crippen LogP contribution in [0.25, 0.3) is 0 Å². The van der Waals surface area contributed by atoms with Crippen LogP contribution in [0, 0.1) is 13.8 Å². The zero-order chi connectivity index (χ0) is 14.6. The zero-order valence-electron chi connectivity index (χ0n) is 11.0. The first-order valence-corrected chi connectivity index (χ1v) is 5.74. The summed E-state index contributed by atoms with van der Waals surface area (Å²) < 4.78 is 37.6. The molecule has 0 spiro atoms. The van der Waals surface area contributed by atoms with Gasteiger partial charge in [-0.1, -0.05) is 0 Å². The molecule has 0 aliphatic rings. The standard InChI is InChI=1S/C11H17F3N4O/c1-7-9(15-3)16-8(2)17-10(7)18(4-5-19)6-11(12,13)14/h19H,4-6H2,1-3H3,(H,15,16,17). The molecule has 0 radical (unpaired) electrons. The van der Waals surface area contributed by atoms with Gasteiger partial charge in [-0.2, -0.15) is 13.2 Å². The molecule has 0 bridgehead atoms. The Hall–Kier alpha value is -1.57. The van der Waals surface area contributed by atoms with Crippen LogP contribution in [0.5, 0.6) is 0 Å². The number of aromatic nitrogens is 2. The van der Waals surface area contributed by atoms with Crippen molar-refractivity contribution in [3.8, 4) is 0 Å². The molecule has 1 aromatic rings. The first-order valence-electron chi connectivity index (χ1n) is 5.74. The Balaban J connectivity index is 3.18. The Morgan fingerprint density at radius 1 is 1.26 bits per heavy atom. The van der Waals surface area contributed by atoms with Gasteiger partial charge in [0.15, 0.2) is 0 Å². The van der Waals surface area contributed by atoms with Gasteiger partial charge in [-0.15, -0.1) is 0 Å². The minimum Gasteiger partial charge on any atom is -0.395 e. The van der Waals surface area contributed by atoms with E-state index in [4.69, 9.17) is 5.11 Å². The fourth-order valence-electron chi connectivity index (χ4n) is 1.76. The summed E-state index contributed by atoms with van der Waals surface area (Å²) in [6.07, 6.45) is -4.36. The van der Waals surface area contributed by atoms with Gasteiger partial charge in [0.1, 0.15) is 24.0 Å². The van der Waals surface area contributed by atoms with Crippen LogP contribution in [-0.4, -0.2) is 48.0 Å². The average molecular weight is 278 g/mol. The van der Waals surface area contributed by atoms with Gasteiger partial charge in [0.2, 0.25) is 0 Å². The first-order chi connectivity index (χ1) is 8.78. The van der Waals surface area contributed by atoms with Gasteiger partial charge < -0.3 is 15.3 Å². The molecule has 8 heteroatoms. The number of halogens is 3. The van der Waals surface area contributed by atoms with Crippen molar-refractivity contribution in [2.75, 3.05) is 37.0 Å². The second-order valence-corrected chi connectivity index (χ2v) is 4.08. The highest BCUT2D eigenvalue weighted by Gasteiger charge is 2.32. The molecular weight excluding hydrogens is 261 g/mol. The first kappa shape index (κ1) is 15.5. The van der Waals surface area contributed by atoms with Crippen molar-refractivity contribution in [1.82, 2.24) is 9.97 Å². The summed E-state index contributed by atoms with van der Waals surface area (Å²) in [5.41, 5.74) is 0.519. The van der Waals surface area contributed by atoms with Gasteiger partial charge in [0.25, 0.3) is 0 Å². The lowest BCUT2D eigenvalue weighted by atomic mass is 10.2. The summed E-state index contributed by atoms with van der Waals surface area (Å²) in [7, 11) is 1.64. The van der Waals surface area contributed by atoms with E-state index in [1.54, 1.807) is 20.9 Å². The molecule has 0 unspecified atom stereocenters. The summed E-state index contributed by atoms with van der Waals surface area (Å²) in [6, 6.07) is 0. The van der Waals surface area contributed by atoms with E-state index in [-0.39, 0.29) is 19.0 Å². The molecule has 0 amide bonds. The number of alkyl halides is 3. The quantitative estimate of drug-likeness (QED) is 0.854. The van der Waals surface area contributed by atoms with Crippen molar-refractivity contribution in [2.45, 2.75) is 20.0 Å². The number of rotatable bonds is 5. The van der Waals surface area contributed by atoms with E-state index >= 15 is 0 Å². The molecule has 0 saturated heterocycles. The predicted molar refractivity (Wildman–Crippen MR) is 66.4 cm³/mol. The summed E-state index contributed by atoms with van der Waals surface area (Å²) in [5, 5.41) is 11.7. The normalized spacial score (nSPS) is 11.5. The van der Waals surface area contributed by atoms with Crippen LogP contribution in [0.2, 0.25) is 0 Å². The molecule has 19 heavy (non-hydrogen) atoms. The van der Waals surface area contributed by atoms with Crippen molar-refractivity contribution in [3.05, 3.63) is 11.4 Å². The van der Waals surface area contributed by atoms with Crippen LogP contribution in [0.1, 0.15) is 11.4 Å². The number of aliphatic hydroxyl groups is 1. The molecule has 1 rings (SSSR count). The van der Waals surface area contributed by atoms with Crippen molar-refractivity contribution >= 4 is 11.6 Å². The minimum absolute atomic E-state index is 0.139. The highest BCUT2D eigenvalue weighted by molar-refractivity contribution is 5.58. The third kappa shape index (κ3) is 4.23. The second-order valence-electron chi connectivity index (χ2n) is 4.08. The van der Waals surface area contributed by atoms with E-state index in [0.29, 0.717) is 17.2 Å². The number of hydrogen-bond acceptors (Lipinski definition) is 5. The molecule has 0 fully saturated rings. The fraction of sp³-hybridized carbons (Fsp3) is 0.636. The van der Waals surface area contributed by atoms with E-state index in [2.05, 4.69) is 15.3 Å². The van der Waals surface area contributed by atoms with E-state index in [1.165, 1.54) is 0 Å². The summed E-state index contributed by atoms with van der Waals surface area (Å²) in [5.74, 6) is 1.03. The van der Waals surface area contributed by atoms with Crippen molar-refractivity contribution in [3.63, 3.8) is 0 Å². The summed E-state index contributed by atoms with van der Waals surface area (Å²) >= 11 is 0. The lowest BCUT2D eigenvalue weighted by Crippen LogP contribution is -2.37. The Labute approximate surface area is 109 Å². The third-order valence-electron chi connectivity index (χ3n) is 2.51. The van der Waals surface area contributed by atoms with E-state index in [1.807, 2.05) is 0 Å². The molecule has 5 nitrogen and oxygen atoms in total. The Kier molecular flexibility index (Phi) is 4.93. The molecule has 0 saturated carbocycles. The van der Waals surface area contributed by atoms with Crippen LogP contribution >= 0.6 is 0 Å². The molecule has 1 heterocycles. The monoisotopic (exact) mass is 278 g/mol. The topological polar surface area (TPSA) is 61.3 Å². The van der Waals surface area contributed by atoms with Gasteiger partial charge in [-0.3, -0.25) is 0 Å². The number of aryl methyl sites for hydroxylation is 1. The number of nitrogens with zero attached hydrogens (tertiary/aromatic N) is 3. The average Bonchev–Trinajstić information content (AvgIpc) is 2.29. The third-order valence-corrected chi connectivity index (χ3v) is 2.51. The summed E-state index contributed by atoms with van der Waals surface area (Å²) in [4.78, 5) is 9.15. The predicted octanol–water partition coefficient (Wildman–Crippen LogP) is 1.50. The summed E-state index contributed by atoms with van der Waals surface area (Å²) in [6.45, 7) is 1.57. The number of aliphatic hydroxyl groups excluding tert-OH is 1. The van der Waals surface area contributed by atoms with Crippen molar-refractivity contribution in [2.24, 2.45) is 0 Å². The highest BCUT2D eigenvalue weighted by Crippen LogP contribution is 2.26. The zero-order valence-corrected chi connectivity index (χ0v) is 11.0. The SMILES string of the molecule is CNc1nc(C)nc(N(CCO)CC(F)(F)F)c1C. The number of anilines is 2. The maximum atomic E-state index is 12.5. The molecule has 108 valence electrons. The van der Waals surface area contributed by atoms with Gasteiger partial charge in [-0.25, -0.2) is 9.97 Å². The van der Waals surface area contributed by atoms with Gasteiger partial charge in [-0.05, 0) is 13.8 Å². The molecule has 0 aliphatic heterocycles.